The van der Waals surface area contributed by atoms with Crippen molar-refractivity contribution in [3.05, 3.63) is 94.0 Å². The lowest BCUT2D eigenvalue weighted by atomic mass is 9.86. The number of guanidine groups is 1. The average molecular weight is 735 g/mol. The molecule has 0 spiro atoms. The van der Waals surface area contributed by atoms with Crippen LogP contribution in [0.3, 0.4) is 0 Å². The molecule has 0 bridgehead atoms. The molecule has 0 heterocycles. The number of esters is 1. The van der Waals surface area contributed by atoms with E-state index in [2.05, 4.69) is 48.5 Å². The molecule has 11 nitrogen and oxygen atoms in total. The van der Waals surface area contributed by atoms with Gasteiger partial charge in [0.25, 0.3) is 0 Å². The van der Waals surface area contributed by atoms with Gasteiger partial charge in [-0.25, -0.2) is 14.4 Å². The molecule has 0 fully saturated rings. The number of halogens is 1. The Hall–Kier alpha value is -4.90. The second-order valence-electron chi connectivity index (χ2n) is 15.3. The van der Waals surface area contributed by atoms with Crippen LogP contribution in [0.4, 0.5) is 15.3 Å². The number of carbonyl (C=O) groups excluding carboxylic acids is 4. The van der Waals surface area contributed by atoms with E-state index in [9.17, 15) is 19.2 Å². The van der Waals surface area contributed by atoms with Crippen molar-refractivity contribution in [1.29, 1.82) is 0 Å². The Bertz CT molecular complexity index is 1770. The van der Waals surface area contributed by atoms with Gasteiger partial charge >= 0.3 is 18.2 Å². The minimum atomic E-state index is -0.928. The number of ether oxygens (including phenoxy) is 3. The van der Waals surface area contributed by atoms with Crippen LogP contribution in [-0.4, -0.2) is 52.7 Å². The van der Waals surface area contributed by atoms with E-state index in [0.29, 0.717) is 30.2 Å². The Kier molecular flexibility index (Phi) is 14.0. The maximum Gasteiger partial charge on any atom is 0.437 e. The Morgan fingerprint density at radius 3 is 2.06 bits per heavy atom. The van der Waals surface area contributed by atoms with Crippen LogP contribution in [0, 0.1) is 0 Å². The lowest BCUT2D eigenvalue weighted by molar-refractivity contribution is -0.131. The molecule has 0 atom stereocenters. The third-order valence-corrected chi connectivity index (χ3v) is 7.70. The second-order valence-corrected chi connectivity index (χ2v) is 15.7. The zero-order valence-corrected chi connectivity index (χ0v) is 32.6. The van der Waals surface area contributed by atoms with Gasteiger partial charge < -0.3 is 24.4 Å². The molecule has 0 aliphatic rings. The number of hydrogen-bond acceptors (Lipinski definition) is 7. The highest BCUT2D eigenvalue weighted by atomic mass is 35.5. The molecular formula is C40H51ClN4O7. The van der Waals surface area contributed by atoms with Gasteiger partial charge in [0.05, 0.1) is 5.56 Å². The highest BCUT2D eigenvalue weighted by molar-refractivity contribution is 6.31. The van der Waals surface area contributed by atoms with Gasteiger partial charge in [0, 0.05) is 30.2 Å². The number of aliphatic imine (C=N–C) groups is 1. The van der Waals surface area contributed by atoms with Crippen LogP contribution in [0.1, 0.15) is 103 Å². The molecule has 52 heavy (non-hydrogen) atoms. The lowest BCUT2D eigenvalue weighted by Gasteiger charge is -2.24. The van der Waals surface area contributed by atoms with Crippen LogP contribution in [0.15, 0.2) is 71.7 Å². The third kappa shape index (κ3) is 14.0. The average Bonchev–Trinajstić information content (AvgIpc) is 3.01. The van der Waals surface area contributed by atoms with Crippen molar-refractivity contribution in [2.45, 2.75) is 105 Å². The van der Waals surface area contributed by atoms with Crippen molar-refractivity contribution >= 4 is 47.3 Å². The van der Waals surface area contributed by atoms with Crippen LogP contribution < -0.4 is 15.4 Å². The summed E-state index contributed by atoms with van der Waals surface area (Å²) >= 11 is 6.55. The summed E-state index contributed by atoms with van der Waals surface area (Å²) in [5.74, 6) is -0.593. The van der Waals surface area contributed by atoms with Crippen LogP contribution in [-0.2, 0) is 32.6 Å². The van der Waals surface area contributed by atoms with Crippen molar-refractivity contribution in [3.8, 4) is 5.75 Å². The Morgan fingerprint density at radius 1 is 0.827 bits per heavy atom. The maximum absolute atomic E-state index is 13.1. The fraction of sp³-hybridized carbons (Fsp3) is 0.425. The van der Waals surface area contributed by atoms with Crippen molar-refractivity contribution in [2.75, 3.05) is 11.9 Å². The van der Waals surface area contributed by atoms with E-state index in [4.69, 9.17) is 25.8 Å². The molecule has 3 aromatic rings. The van der Waals surface area contributed by atoms with Crippen molar-refractivity contribution in [2.24, 2.45) is 4.99 Å². The first-order valence-corrected chi connectivity index (χ1v) is 17.6. The number of rotatable bonds is 9. The minimum absolute atomic E-state index is 0.0195. The molecule has 3 rings (SSSR count). The summed E-state index contributed by atoms with van der Waals surface area (Å²) in [4.78, 5) is 56.5. The maximum atomic E-state index is 13.1. The summed E-state index contributed by atoms with van der Waals surface area (Å²) in [5, 5.41) is 5.62. The Balaban J connectivity index is 1.62. The Labute approximate surface area is 312 Å². The highest BCUT2D eigenvalue weighted by Gasteiger charge is 2.21. The monoisotopic (exact) mass is 734 g/mol. The number of carbonyl (C=O) groups is 4. The quantitative estimate of drug-likeness (QED) is 0.0962. The normalized spacial score (nSPS) is 12.1. The molecule has 0 aliphatic heterocycles. The number of alkyl carbamates (subject to hydrolysis) is 1. The van der Waals surface area contributed by atoms with Gasteiger partial charge in [0.15, 0.2) is 0 Å². The largest absolute Gasteiger partial charge is 0.444 e. The number of amides is 3. The molecule has 0 radical (unpaired) electrons. The zero-order valence-electron chi connectivity index (χ0n) is 31.8. The number of benzene rings is 3. The third-order valence-electron chi connectivity index (χ3n) is 7.34. The molecule has 12 heteroatoms. The van der Waals surface area contributed by atoms with Crippen molar-refractivity contribution in [1.82, 2.24) is 10.2 Å². The molecular weight excluding hydrogens is 684 g/mol. The number of aryl methyl sites for hydroxylation is 1. The fourth-order valence-corrected chi connectivity index (χ4v) is 5.05. The summed E-state index contributed by atoms with van der Waals surface area (Å²) < 4.78 is 16.1. The van der Waals surface area contributed by atoms with Gasteiger partial charge in [0.1, 0.15) is 17.0 Å². The number of hydrogen-bond donors (Lipinski definition) is 2. The molecule has 2 N–H and O–H groups in total. The van der Waals surface area contributed by atoms with Gasteiger partial charge in [-0.3, -0.25) is 10.1 Å². The van der Waals surface area contributed by atoms with Crippen LogP contribution in [0.25, 0.3) is 0 Å². The van der Waals surface area contributed by atoms with Gasteiger partial charge in [-0.05, 0) is 113 Å². The van der Waals surface area contributed by atoms with Gasteiger partial charge in [0.2, 0.25) is 11.9 Å². The fourth-order valence-electron chi connectivity index (χ4n) is 4.78. The van der Waals surface area contributed by atoms with E-state index in [0.717, 1.165) is 11.1 Å². The van der Waals surface area contributed by atoms with E-state index >= 15 is 0 Å². The van der Waals surface area contributed by atoms with E-state index in [-0.39, 0.29) is 35.0 Å². The molecule has 0 saturated heterocycles. The summed E-state index contributed by atoms with van der Waals surface area (Å²) in [6.45, 7) is 19.7. The Morgan fingerprint density at radius 2 is 1.48 bits per heavy atom. The second kappa shape index (κ2) is 17.5. The summed E-state index contributed by atoms with van der Waals surface area (Å²) in [5.41, 5.74) is 2.13. The van der Waals surface area contributed by atoms with Crippen LogP contribution in [0.2, 0.25) is 5.02 Å². The molecule has 0 unspecified atom stereocenters. The number of anilines is 1. The molecule has 280 valence electrons. The van der Waals surface area contributed by atoms with E-state index in [1.807, 2.05) is 24.0 Å². The van der Waals surface area contributed by atoms with E-state index in [1.54, 1.807) is 71.9 Å². The molecule has 3 aromatic carbocycles. The van der Waals surface area contributed by atoms with E-state index < -0.39 is 29.4 Å². The van der Waals surface area contributed by atoms with Gasteiger partial charge in [-0.15, -0.1) is 4.99 Å². The van der Waals surface area contributed by atoms with E-state index in [1.165, 1.54) is 17.7 Å². The summed E-state index contributed by atoms with van der Waals surface area (Å²) in [7, 11) is 0. The van der Waals surface area contributed by atoms with Crippen LogP contribution >= 0.6 is 11.6 Å². The summed E-state index contributed by atoms with van der Waals surface area (Å²) in [6.07, 6.45) is -1.05. The molecule has 0 aromatic heterocycles. The first kappa shape index (κ1) is 41.5. The molecule has 0 aliphatic carbocycles. The topological polar surface area (TPSA) is 136 Å². The zero-order chi connectivity index (χ0) is 38.9. The first-order valence-electron chi connectivity index (χ1n) is 17.2. The van der Waals surface area contributed by atoms with Gasteiger partial charge in [-0.2, -0.15) is 0 Å². The molecule has 3 amide bonds. The van der Waals surface area contributed by atoms with Crippen molar-refractivity contribution in [3.63, 3.8) is 0 Å². The predicted molar refractivity (Wildman–Crippen MR) is 204 cm³/mol. The van der Waals surface area contributed by atoms with Gasteiger partial charge in [-0.1, -0.05) is 62.7 Å². The first-order chi connectivity index (χ1) is 24.1. The SMILES string of the molecule is CCN(Cc1cccc(C(C)(C)C)c1)C(=O)CCc1ccc(OC(=O)c2ccc(N/C(=N\C(=O)OC(C)(C)C)NC(=O)OC(C)(C)C)cc2)cc1Cl. The number of nitrogens with zero attached hydrogens (tertiary/aromatic N) is 2. The smallest absolute Gasteiger partial charge is 0.437 e. The predicted octanol–water partition coefficient (Wildman–Crippen LogP) is 9.07. The highest BCUT2D eigenvalue weighted by Crippen LogP contribution is 2.26. The van der Waals surface area contributed by atoms with Crippen LogP contribution in [0.5, 0.6) is 5.75 Å². The number of nitrogens with one attached hydrogen (secondary N) is 2. The standard InChI is InChI=1S/C40H51ClN4O7/c1-11-45(25-26-13-12-14-29(23-26)38(2,3)4)33(46)22-18-27-17-21-31(24-32(27)41)50-34(47)28-15-19-30(20-16-28)42-35(43-36(48)51-39(5,6)7)44-37(49)52-40(8,9)10/h12-17,19-21,23-24H,11,18,22,25H2,1-10H3,(H2,42,43,44,48,49). The van der Waals surface area contributed by atoms with Crippen molar-refractivity contribution < 1.29 is 33.4 Å². The molecule has 0 saturated carbocycles. The minimum Gasteiger partial charge on any atom is -0.444 e. The summed E-state index contributed by atoms with van der Waals surface area (Å²) in [6, 6.07) is 19.4. The lowest BCUT2D eigenvalue weighted by Crippen LogP contribution is -2.40.